The van der Waals surface area contributed by atoms with Crippen molar-refractivity contribution in [3.63, 3.8) is 0 Å². The molecule has 0 unspecified atom stereocenters. The summed E-state index contributed by atoms with van der Waals surface area (Å²) in [4.78, 5) is 12.3. The van der Waals surface area contributed by atoms with Crippen LogP contribution in [0.3, 0.4) is 0 Å². The summed E-state index contributed by atoms with van der Waals surface area (Å²) < 4.78 is 24.3. The van der Waals surface area contributed by atoms with E-state index >= 15 is 0 Å². The predicted molar refractivity (Wildman–Crippen MR) is 101 cm³/mol. The van der Waals surface area contributed by atoms with Gasteiger partial charge < -0.3 is 11.2 Å². The quantitative estimate of drug-likeness (QED) is 0.554. The van der Waals surface area contributed by atoms with Gasteiger partial charge in [0.25, 0.3) is 0 Å². The minimum absolute atomic E-state index is 0.0118. The number of halogens is 1. The van der Waals surface area contributed by atoms with E-state index in [2.05, 4.69) is 15.5 Å². The molecule has 0 spiro atoms. The van der Waals surface area contributed by atoms with E-state index in [0.717, 1.165) is 11.8 Å². The van der Waals surface area contributed by atoms with Crippen molar-refractivity contribution in [3.8, 4) is 11.4 Å². The van der Waals surface area contributed by atoms with E-state index < -0.39 is 15.1 Å². The van der Waals surface area contributed by atoms with Crippen LogP contribution in [-0.4, -0.2) is 52.0 Å². The fraction of sp³-hybridized carbons (Fsp3) is 0.400. The molecule has 2 heterocycles. The number of hydrogen-bond donors (Lipinski definition) is 2. The second-order valence-corrected chi connectivity index (χ2v) is 10.0. The van der Waals surface area contributed by atoms with Gasteiger partial charge in [-0.05, 0) is 25.5 Å². The molecule has 8 nitrogen and oxygen atoms in total. The van der Waals surface area contributed by atoms with Crippen LogP contribution in [0.2, 0.25) is 5.02 Å². The largest absolute Gasteiger partial charge is 0.351 e. The van der Waals surface area contributed by atoms with Crippen LogP contribution < -0.4 is 11.2 Å². The first-order valence-electron chi connectivity index (χ1n) is 7.89. The van der Waals surface area contributed by atoms with E-state index in [-0.39, 0.29) is 23.5 Å². The van der Waals surface area contributed by atoms with Crippen molar-refractivity contribution in [2.45, 2.75) is 29.8 Å². The summed E-state index contributed by atoms with van der Waals surface area (Å²) in [5.41, 5.74) is 0.715. The summed E-state index contributed by atoms with van der Waals surface area (Å²) in [6.45, 7) is 1.71. The van der Waals surface area contributed by atoms with Gasteiger partial charge in [-0.1, -0.05) is 35.5 Å². The van der Waals surface area contributed by atoms with E-state index in [1.54, 1.807) is 25.1 Å². The summed E-state index contributed by atoms with van der Waals surface area (Å²) >= 11 is 7.13. The number of nitrogens with two attached hydrogens (primary N) is 1. The van der Waals surface area contributed by atoms with E-state index in [1.807, 2.05) is 6.07 Å². The lowest BCUT2D eigenvalue weighted by Crippen LogP contribution is -2.40. The zero-order valence-electron chi connectivity index (χ0n) is 13.9. The highest BCUT2D eigenvalue weighted by Crippen LogP contribution is 2.26. The molecule has 2 atom stereocenters. The van der Waals surface area contributed by atoms with Crippen molar-refractivity contribution < 1.29 is 13.2 Å². The highest BCUT2D eigenvalue weighted by Gasteiger charge is 2.30. The average Bonchev–Trinajstić information content (AvgIpc) is 3.10. The topological polar surface area (TPSA) is 120 Å². The van der Waals surface area contributed by atoms with Gasteiger partial charge in [-0.15, -0.1) is 10.2 Å². The molecule has 11 heteroatoms. The van der Waals surface area contributed by atoms with E-state index in [4.69, 9.17) is 17.4 Å². The van der Waals surface area contributed by atoms with Crippen LogP contribution in [0.25, 0.3) is 11.4 Å². The third-order valence-corrected chi connectivity index (χ3v) is 7.04. The van der Waals surface area contributed by atoms with Gasteiger partial charge in [0.15, 0.2) is 15.7 Å². The molecular weight excluding hydrogens is 398 g/mol. The second kappa shape index (κ2) is 7.45. The molecule has 1 aromatic heterocycles. The van der Waals surface area contributed by atoms with E-state index in [9.17, 15) is 13.2 Å². The van der Waals surface area contributed by atoms with Crippen molar-refractivity contribution in [3.05, 3.63) is 29.3 Å². The summed E-state index contributed by atoms with van der Waals surface area (Å²) in [5, 5.41) is 11.3. The zero-order chi connectivity index (χ0) is 18.9. The molecule has 26 heavy (non-hydrogen) atoms. The Bertz CT molecular complexity index is 931. The third-order valence-electron chi connectivity index (χ3n) is 3.98. The number of thioether (sulfide) groups is 1. The molecule has 1 fully saturated rings. The SMILES string of the molecule is C[C@@H](Sc1nnc(-c2cccc(Cl)c2)n1N)C(=O)N[C@H]1CCS(=O)(=O)C1. The molecule has 1 saturated heterocycles. The smallest absolute Gasteiger partial charge is 0.233 e. The van der Waals surface area contributed by atoms with Crippen molar-refractivity contribution in [1.29, 1.82) is 0 Å². The average molecular weight is 416 g/mol. The van der Waals surface area contributed by atoms with Crippen LogP contribution in [0, 0.1) is 0 Å². The summed E-state index contributed by atoms with van der Waals surface area (Å²) in [6, 6.07) is 6.72. The van der Waals surface area contributed by atoms with Crippen LogP contribution in [0.15, 0.2) is 29.4 Å². The van der Waals surface area contributed by atoms with Crippen molar-refractivity contribution in [1.82, 2.24) is 20.2 Å². The van der Waals surface area contributed by atoms with Gasteiger partial charge in [-0.2, -0.15) is 0 Å². The number of nitrogen functional groups attached to an aromatic ring is 1. The summed E-state index contributed by atoms with van der Waals surface area (Å²) in [6.07, 6.45) is 0.442. The van der Waals surface area contributed by atoms with Crippen molar-refractivity contribution in [2.75, 3.05) is 17.3 Å². The molecule has 0 radical (unpaired) electrons. The van der Waals surface area contributed by atoms with Gasteiger partial charge in [-0.25, -0.2) is 13.1 Å². The Kier molecular flexibility index (Phi) is 5.44. The molecule has 0 bridgehead atoms. The number of benzene rings is 1. The van der Waals surface area contributed by atoms with E-state index in [1.165, 1.54) is 4.68 Å². The number of carbonyl (C=O) groups is 1. The maximum atomic E-state index is 12.3. The molecule has 0 saturated carbocycles. The molecule has 140 valence electrons. The number of nitrogens with one attached hydrogen (secondary N) is 1. The van der Waals surface area contributed by atoms with Crippen molar-refractivity contribution in [2.24, 2.45) is 0 Å². The lowest BCUT2D eigenvalue weighted by molar-refractivity contribution is -0.120. The molecular formula is C15H18ClN5O3S2. The van der Waals surface area contributed by atoms with Crippen LogP contribution in [0.1, 0.15) is 13.3 Å². The maximum absolute atomic E-state index is 12.3. The molecule has 2 aromatic rings. The normalized spacial score (nSPS) is 20.0. The standard InChI is InChI=1S/C15H18ClN5O3S2/c1-9(14(22)18-12-5-6-26(23,24)8-12)25-15-20-19-13(21(15)17)10-3-2-4-11(16)7-10/h2-4,7,9,12H,5-6,8,17H2,1H3,(H,18,22)/t9-,12+/m1/s1. The fourth-order valence-corrected chi connectivity index (χ4v) is 5.26. The van der Waals surface area contributed by atoms with Gasteiger partial charge in [0.05, 0.1) is 16.8 Å². The first-order valence-corrected chi connectivity index (χ1v) is 11.0. The molecule has 0 aliphatic carbocycles. The monoisotopic (exact) mass is 415 g/mol. The molecule has 1 aliphatic rings. The lowest BCUT2D eigenvalue weighted by Gasteiger charge is -2.15. The third kappa shape index (κ3) is 4.30. The van der Waals surface area contributed by atoms with Gasteiger partial charge in [-0.3, -0.25) is 4.79 Å². The van der Waals surface area contributed by atoms with Gasteiger partial charge in [0.1, 0.15) is 0 Å². The maximum Gasteiger partial charge on any atom is 0.233 e. The van der Waals surface area contributed by atoms with Gasteiger partial charge >= 0.3 is 0 Å². The Morgan fingerprint density at radius 3 is 2.88 bits per heavy atom. The summed E-state index contributed by atoms with van der Waals surface area (Å²) in [7, 11) is -3.04. The number of carbonyl (C=O) groups excluding carboxylic acids is 1. The molecule has 1 amide bonds. The Balaban J connectivity index is 1.66. The first kappa shape index (κ1) is 19.0. The van der Waals surface area contributed by atoms with Crippen LogP contribution in [0.5, 0.6) is 0 Å². The fourth-order valence-electron chi connectivity index (χ4n) is 2.62. The van der Waals surface area contributed by atoms with Crippen molar-refractivity contribution >= 4 is 39.1 Å². The van der Waals surface area contributed by atoms with Crippen LogP contribution in [0.4, 0.5) is 0 Å². The van der Waals surface area contributed by atoms with Gasteiger partial charge in [0.2, 0.25) is 11.1 Å². The highest BCUT2D eigenvalue weighted by atomic mass is 35.5. The lowest BCUT2D eigenvalue weighted by atomic mass is 10.2. The number of nitrogens with zero attached hydrogens (tertiary/aromatic N) is 3. The van der Waals surface area contributed by atoms with Gasteiger partial charge in [0, 0.05) is 16.6 Å². The zero-order valence-corrected chi connectivity index (χ0v) is 16.3. The Labute approximate surface area is 160 Å². The molecule has 3 N–H and O–H groups in total. The number of aromatic nitrogens is 3. The molecule has 1 aromatic carbocycles. The van der Waals surface area contributed by atoms with Crippen LogP contribution in [-0.2, 0) is 14.6 Å². The minimum atomic E-state index is -3.04. The second-order valence-electron chi connectivity index (χ2n) is 6.06. The molecule has 3 rings (SSSR count). The molecule has 1 aliphatic heterocycles. The Morgan fingerprint density at radius 1 is 1.46 bits per heavy atom. The Morgan fingerprint density at radius 2 is 2.23 bits per heavy atom. The Hall–Kier alpha value is -1.78. The predicted octanol–water partition coefficient (Wildman–Crippen LogP) is 1.10. The minimum Gasteiger partial charge on any atom is -0.351 e. The number of hydrogen-bond acceptors (Lipinski definition) is 7. The number of amides is 1. The highest BCUT2D eigenvalue weighted by molar-refractivity contribution is 8.00. The van der Waals surface area contributed by atoms with Crippen LogP contribution >= 0.6 is 23.4 Å². The van der Waals surface area contributed by atoms with E-state index in [0.29, 0.717) is 28.0 Å². The first-order chi connectivity index (χ1) is 12.2. The number of rotatable bonds is 5. The summed E-state index contributed by atoms with van der Waals surface area (Å²) in [5.74, 6) is 6.32. The number of sulfone groups is 1.